The summed E-state index contributed by atoms with van der Waals surface area (Å²) in [6.07, 6.45) is 1.89. The van der Waals surface area contributed by atoms with Gasteiger partial charge in [0, 0.05) is 25.8 Å². The molecule has 0 amide bonds. The number of aliphatic hydroxyl groups excluding tert-OH is 1. The predicted molar refractivity (Wildman–Crippen MR) is 79.3 cm³/mol. The van der Waals surface area contributed by atoms with Crippen LogP contribution in [0.1, 0.15) is 11.1 Å². The zero-order valence-corrected chi connectivity index (χ0v) is 12.4. The van der Waals surface area contributed by atoms with Crippen molar-refractivity contribution in [2.45, 2.75) is 19.9 Å². The Kier molecular flexibility index (Phi) is 7.55. The average Bonchev–Trinajstić information content (AvgIpc) is 2.29. The van der Waals surface area contributed by atoms with E-state index in [0.29, 0.717) is 0 Å². The van der Waals surface area contributed by atoms with Crippen LogP contribution in [0.4, 0.5) is 5.82 Å². The van der Waals surface area contributed by atoms with Crippen molar-refractivity contribution in [1.29, 1.82) is 0 Å². The first-order valence-electron chi connectivity index (χ1n) is 5.74. The van der Waals surface area contributed by atoms with Crippen LogP contribution >= 0.6 is 24.8 Å². The molecular weight excluding hydrogens is 273 g/mol. The third kappa shape index (κ3) is 3.72. The van der Waals surface area contributed by atoms with Gasteiger partial charge in [-0.3, -0.25) is 0 Å². The number of hydrogen-bond donors (Lipinski definition) is 2. The zero-order chi connectivity index (χ0) is 11.5. The van der Waals surface area contributed by atoms with Gasteiger partial charge in [0.25, 0.3) is 0 Å². The molecule has 0 saturated carbocycles. The second-order valence-electron chi connectivity index (χ2n) is 4.39. The van der Waals surface area contributed by atoms with Gasteiger partial charge in [-0.25, -0.2) is 4.98 Å². The normalized spacial score (nSPS) is 18.8. The zero-order valence-electron chi connectivity index (χ0n) is 10.7. The topological polar surface area (TPSA) is 48.4 Å². The standard InChI is InChI=1S/C12H19N3O.2ClH/c1-9-5-10(2)12(14-6-9)15-4-3-13-7-11(15)8-16;;/h5-6,11,13,16H,3-4,7-8H2,1-2H3;2*1H/t11-;;/m0../s1. The number of nitrogens with one attached hydrogen (secondary N) is 1. The van der Waals surface area contributed by atoms with Crippen LogP contribution in [0.3, 0.4) is 0 Å². The minimum atomic E-state index is 0. The molecule has 0 spiro atoms. The van der Waals surface area contributed by atoms with Crippen molar-refractivity contribution in [3.8, 4) is 0 Å². The van der Waals surface area contributed by atoms with Crippen molar-refractivity contribution in [2.75, 3.05) is 31.1 Å². The van der Waals surface area contributed by atoms with E-state index < -0.39 is 0 Å². The molecule has 1 atom stereocenters. The van der Waals surface area contributed by atoms with Crippen LogP contribution in [0.2, 0.25) is 0 Å². The van der Waals surface area contributed by atoms with Crippen LogP contribution in [0.5, 0.6) is 0 Å². The minimum absolute atomic E-state index is 0. The highest BCUT2D eigenvalue weighted by Crippen LogP contribution is 2.20. The molecule has 4 nitrogen and oxygen atoms in total. The Labute approximate surface area is 121 Å². The molecule has 2 rings (SSSR count). The summed E-state index contributed by atoms with van der Waals surface area (Å²) >= 11 is 0. The Bertz CT molecular complexity index is 376. The lowest BCUT2D eigenvalue weighted by atomic mass is 10.1. The van der Waals surface area contributed by atoms with Gasteiger partial charge < -0.3 is 15.3 Å². The molecule has 0 radical (unpaired) electrons. The molecule has 1 fully saturated rings. The summed E-state index contributed by atoms with van der Waals surface area (Å²) in [4.78, 5) is 6.69. The van der Waals surface area contributed by atoms with Gasteiger partial charge in [-0.15, -0.1) is 24.8 Å². The number of anilines is 1. The number of rotatable bonds is 2. The van der Waals surface area contributed by atoms with Gasteiger partial charge in [-0.2, -0.15) is 0 Å². The van der Waals surface area contributed by atoms with Gasteiger partial charge in [-0.1, -0.05) is 6.07 Å². The first kappa shape index (κ1) is 17.4. The van der Waals surface area contributed by atoms with Gasteiger partial charge in [-0.05, 0) is 25.0 Å². The van der Waals surface area contributed by atoms with Crippen LogP contribution in [-0.4, -0.2) is 42.4 Å². The second-order valence-corrected chi connectivity index (χ2v) is 4.39. The Morgan fingerprint density at radius 2 is 2.17 bits per heavy atom. The molecule has 1 aliphatic rings. The number of aliphatic hydroxyl groups is 1. The Balaban J connectivity index is 0.00000144. The number of pyridine rings is 1. The van der Waals surface area contributed by atoms with E-state index in [4.69, 9.17) is 0 Å². The fourth-order valence-corrected chi connectivity index (χ4v) is 2.21. The summed E-state index contributed by atoms with van der Waals surface area (Å²) in [6.45, 7) is 6.97. The maximum absolute atomic E-state index is 9.36. The Hall–Kier alpha value is -0.550. The SMILES string of the molecule is Cc1cnc(N2CCNC[C@H]2CO)c(C)c1.Cl.Cl. The number of piperazine rings is 1. The number of hydrogen-bond acceptors (Lipinski definition) is 4. The first-order valence-corrected chi connectivity index (χ1v) is 5.74. The molecule has 2 N–H and O–H groups in total. The molecule has 0 unspecified atom stereocenters. The van der Waals surface area contributed by atoms with Crippen LogP contribution in [0.25, 0.3) is 0 Å². The lowest BCUT2D eigenvalue weighted by Gasteiger charge is -2.36. The molecule has 1 aromatic rings. The number of nitrogens with zero attached hydrogens (tertiary/aromatic N) is 2. The van der Waals surface area contributed by atoms with Crippen molar-refractivity contribution < 1.29 is 5.11 Å². The molecule has 1 saturated heterocycles. The molecule has 0 bridgehead atoms. The van der Waals surface area contributed by atoms with E-state index in [0.717, 1.165) is 25.5 Å². The van der Waals surface area contributed by atoms with Crippen LogP contribution in [-0.2, 0) is 0 Å². The quantitative estimate of drug-likeness (QED) is 0.863. The highest BCUT2D eigenvalue weighted by atomic mass is 35.5. The summed E-state index contributed by atoms with van der Waals surface area (Å²) in [7, 11) is 0. The third-order valence-corrected chi connectivity index (χ3v) is 3.02. The lowest BCUT2D eigenvalue weighted by molar-refractivity contribution is 0.246. The lowest BCUT2D eigenvalue weighted by Crippen LogP contribution is -2.53. The summed E-state index contributed by atoms with van der Waals surface area (Å²) in [5.74, 6) is 1.01. The van der Waals surface area contributed by atoms with Crippen LogP contribution in [0, 0.1) is 13.8 Å². The van der Waals surface area contributed by atoms with Crippen molar-refractivity contribution in [3.63, 3.8) is 0 Å². The maximum Gasteiger partial charge on any atom is 0.131 e. The largest absolute Gasteiger partial charge is 0.394 e. The molecule has 2 heterocycles. The average molecular weight is 294 g/mol. The molecule has 6 heteroatoms. The summed E-state index contributed by atoms with van der Waals surface area (Å²) in [5, 5.41) is 12.6. The minimum Gasteiger partial charge on any atom is -0.394 e. The highest BCUT2D eigenvalue weighted by Gasteiger charge is 2.23. The number of halogens is 2. The van der Waals surface area contributed by atoms with Gasteiger partial charge in [0.1, 0.15) is 5.82 Å². The van der Waals surface area contributed by atoms with Crippen LogP contribution in [0.15, 0.2) is 12.3 Å². The fraction of sp³-hybridized carbons (Fsp3) is 0.583. The van der Waals surface area contributed by atoms with Gasteiger partial charge in [0.05, 0.1) is 12.6 Å². The predicted octanol–water partition coefficient (Wildman–Crippen LogP) is 1.31. The molecule has 18 heavy (non-hydrogen) atoms. The van der Waals surface area contributed by atoms with Crippen molar-refractivity contribution >= 4 is 30.6 Å². The van der Waals surface area contributed by atoms with Crippen molar-refractivity contribution in [2.24, 2.45) is 0 Å². The number of aromatic nitrogens is 1. The smallest absolute Gasteiger partial charge is 0.131 e. The van der Waals surface area contributed by atoms with Gasteiger partial charge >= 0.3 is 0 Å². The molecule has 1 aromatic heterocycles. The van der Waals surface area contributed by atoms with Gasteiger partial charge in [0.2, 0.25) is 0 Å². The van der Waals surface area contributed by atoms with E-state index in [9.17, 15) is 5.11 Å². The van der Waals surface area contributed by atoms with E-state index in [1.54, 1.807) is 0 Å². The Morgan fingerprint density at radius 3 is 2.78 bits per heavy atom. The van der Waals surface area contributed by atoms with E-state index in [-0.39, 0.29) is 37.5 Å². The molecule has 0 aromatic carbocycles. The third-order valence-electron chi connectivity index (χ3n) is 3.02. The molecule has 1 aliphatic heterocycles. The van der Waals surface area contributed by atoms with Crippen molar-refractivity contribution in [1.82, 2.24) is 10.3 Å². The van der Waals surface area contributed by atoms with Crippen LogP contribution < -0.4 is 10.2 Å². The van der Waals surface area contributed by atoms with Gasteiger partial charge in [0.15, 0.2) is 0 Å². The Morgan fingerprint density at radius 1 is 1.44 bits per heavy atom. The van der Waals surface area contributed by atoms with E-state index in [1.165, 1.54) is 11.1 Å². The molecular formula is C12H21Cl2N3O. The second kappa shape index (κ2) is 7.79. The highest BCUT2D eigenvalue weighted by molar-refractivity contribution is 5.85. The summed E-state index contributed by atoms with van der Waals surface area (Å²) in [5.41, 5.74) is 2.36. The summed E-state index contributed by atoms with van der Waals surface area (Å²) in [6, 6.07) is 2.28. The maximum atomic E-state index is 9.36. The summed E-state index contributed by atoms with van der Waals surface area (Å²) < 4.78 is 0. The van der Waals surface area contributed by atoms with E-state index in [1.807, 2.05) is 13.1 Å². The molecule has 0 aliphatic carbocycles. The van der Waals surface area contributed by atoms with E-state index in [2.05, 4.69) is 28.2 Å². The number of aryl methyl sites for hydroxylation is 2. The fourth-order valence-electron chi connectivity index (χ4n) is 2.21. The first-order chi connectivity index (χ1) is 7.72. The molecule has 104 valence electrons. The van der Waals surface area contributed by atoms with E-state index >= 15 is 0 Å². The van der Waals surface area contributed by atoms with Crippen molar-refractivity contribution in [3.05, 3.63) is 23.4 Å². The monoisotopic (exact) mass is 293 g/mol.